The predicted molar refractivity (Wildman–Crippen MR) is 103 cm³/mol. The van der Waals surface area contributed by atoms with E-state index in [2.05, 4.69) is 4.90 Å². The molecule has 0 saturated carbocycles. The summed E-state index contributed by atoms with van der Waals surface area (Å²) < 4.78 is 0. The minimum absolute atomic E-state index is 0.181. The number of benzene rings is 1. The molecule has 3 heterocycles. The quantitative estimate of drug-likeness (QED) is 0.748. The number of amides is 2. The summed E-state index contributed by atoms with van der Waals surface area (Å²) in [5.41, 5.74) is 1.05. The van der Waals surface area contributed by atoms with E-state index in [0.29, 0.717) is 31.1 Å². The average Bonchev–Trinajstić information content (AvgIpc) is 3.25. The third-order valence-corrected chi connectivity index (χ3v) is 6.04. The number of imide groups is 1. The van der Waals surface area contributed by atoms with Crippen LogP contribution in [0.25, 0.3) is 0 Å². The first kappa shape index (κ1) is 19.2. The number of likely N-dealkylation sites (tertiary alicyclic amines) is 1. The molecule has 0 radical (unpaired) electrons. The summed E-state index contributed by atoms with van der Waals surface area (Å²) in [6.45, 7) is 3.36. The van der Waals surface area contributed by atoms with Gasteiger partial charge in [-0.3, -0.25) is 19.3 Å². The van der Waals surface area contributed by atoms with E-state index in [1.807, 2.05) is 34.3 Å². The van der Waals surface area contributed by atoms with Gasteiger partial charge in [-0.25, -0.2) is 10.0 Å². The van der Waals surface area contributed by atoms with Gasteiger partial charge in [-0.2, -0.15) is 0 Å². The summed E-state index contributed by atoms with van der Waals surface area (Å²) in [4.78, 5) is 39.7. The van der Waals surface area contributed by atoms with Gasteiger partial charge in [0.05, 0.1) is 6.04 Å². The number of carbonyl (C=O) groups excluding carboxylic acids is 2. The van der Waals surface area contributed by atoms with Crippen LogP contribution in [0.2, 0.25) is 5.02 Å². The first-order valence-corrected chi connectivity index (χ1v) is 9.93. The van der Waals surface area contributed by atoms with Crippen LogP contribution in [0.4, 0.5) is 5.69 Å². The third-order valence-electron chi connectivity index (χ3n) is 5.81. The molecule has 28 heavy (non-hydrogen) atoms. The van der Waals surface area contributed by atoms with Crippen molar-refractivity contribution in [2.45, 2.75) is 31.3 Å². The number of piperazine rings is 1. The van der Waals surface area contributed by atoms with E-state index in [9.17, 15) is 19.5 Å². The molecule has 4 rings (SSSR count). The maximum atomic E-state index is 12.1. The lowest BCUT2D eigenvalue weighted by molar-refractivity contribution is -0.155. The van der Waals surface area contributed by atoms with Crippen LogP contribution in [0.3, 0.4) is 0 Å². The van der Waals surface area contributed by atoms with Crippen molar-refractivity contribution in [2.75, 3.05) is 37.6 Å². The van der Waals surface area contributed by atoms with Gasteiger partial charge in [-0.05, 0) is 24.6 Å². The van der Waals surface area contributed by atoms with Crippen molar-refractivity contribution < 1.29 is 19.5 Å². The maximum absolute atomic E-state index is 12.1. The Labute approximate surface area is 168 Å². The Balaban J connectivity index is 1.45. The fourth-order valence-corrected chi connectivity index (χ4v) is 4.67. The summed E-state index contributed by atoms with van der Waals surface area (Å²) in [6, 6.07) is 6.21. The van der Waals surface area contributed by atoms with Crippen molar-refractivity contribution in [3.05, 3.63) is 29.3 Å². The predicted octanol–water partition coefficient (Wildman–Crippen LogP) is 1.05. The second-order valence-corrected chi connectivity index (χ2v) is 7.82. The topological polar surface area (TPSA) is 84.4 Å². The van der Waals surface area contributed by atoms with Gasteiger partial charge in [0.2, 0.25) is 11.8 Å². The van der Waals surface area contributed by atoms with E-state index in [-0.39, 0.29) is 24.7 Å². The molecule has 1 unspecified atom stereocenters. The Bertz CT molecular complexity index is 780. The number of halogens is 1. The molecule has 9 heteroatoms. The molecule has 2 atom stereocenters. The molecule has 1 aromatic carbocycles. The van der Waals surface area contributed by atoms with Crippen molar-refractivity contribution in [3.63, 3.8) is 0 Å². The van der Waals surface area contributed by atoms with Crippen LogP contribution >= 0.6 is 11.6 Å². The minimum Gasteiger partial charge on any atom is -0.480 e. The lowest BCUT2D eigenvalue weighted by atomic mass is 10.1. The summed E-state index contributed by atoms with van der Waals surface area (Å²) >= 11 is 6.08. The first-order chi connectivity index (χ1) is 13.5. The highest BCUT2D eigenvalue weighted by Gasteiger charge is 2.49. The number of carbonyl (C=O) groups is 3. The minimum atomic E-state index is -0.993. The molecular weight excluding hydrogens is 384 g/mol. The normalized spacial score (nSPS) is 27.0. The second-order valence-electron chi connectivity index (χ2n) is 7.38. The largest absolute Gasteiger partial charge is 0.480 e. The van der Waals surface area contributed by atoms with Gasteiger partial charge >= 0.3 is 5.97 Å². The fraction of sp³-hybridized carbons (Fsp3) is 0.526. The maximum Gasteiger partial charge on any atom is 0.324 e. The van der Waals surface area contributed by atoms with Crippen LogP contribution in [0.15, 0.2) is 24.3 Å². The Morgan fingerprint density at radius 1 is 1.04 bits per heavy atom. The highest BCUT2D eigenvalue weighted by molar-refractivity contribution is 6.30. The van der Waals surface area contributed by atoms with Gasteiger partial charge in [0.1, 0.15) is 6.04 Å². The van der Waals surface area contributed by atoms with Crippen LogP contribution < -0.4 is 4.90 Å². The number of rotatable bonds is 4. The molecule has 3 aliphatic heterocycles. The Hall–Kier alpha value is -2.16. The molecule has 2 amide bonds. The van der Waals surface area contributed by atoms with E-state index in [1.54, 1.807) is 0 Å². The first-order valence-electron chi connectivity index (χ1n) is 9.55. The summed E-state index contributed by atoms with van der Waals surface area (Å²) in [5, 5.41) is 14.4. The number of nitrogens with zero attached hydrogens (tertiary/aromatic N) is 4. The molecular formula is C19H23ClN4O4. The number of hydrazine groups is 1. The van der Waals surface area contributed by atoms with E-state index in [4.69, 9.17) is 11.6 Å². The fourth-order valence-electron chi connectivity index (χ4n) is 4.49. The third kappa shape index (κ3) is 3.47. The molecule has 1 aromatic rings. The van der Waals surface area contributed by atoms with Crippen molar-refractivity contribution >= 4 is 35.1 Å². The molecule has 150 valence electrons. The number of aliphatic carboxylic acids is 1. The van der Waals surface area contributed by atoms with Crippen molar-refractivity contribution in [1.29, 1.82) is 0 Å². The molecule has 3 saturated heterocycles. The molecule has 8 nitrogen and oxygen atoms in total. The zero-order chi connectivity index (χ0) is 19.8. The van der Waals surface area contributed by atoms with E-state index in [1.165, 1.54) is 4.90 Å². The van der Waals surface area contributed by atoms with Crippen molar-refractivity contribution in [2.24, 2.45) is 0 Å². The standard InChI is InChI=1S/C19H23ClN4O4/c20-13-2-1-3-14(12-13)21-8-10-22(11-9-21)23-7-6-15(18(23)19(27)28)24-16(25)4-5-17(24)26/h1-3,12,15,18H,4-11H2,(H,27,28)/t15?,18-/m0/s1. The highest BCUT2D eigenvalue weighted by Crippen LogP contribution is 2.30. The van der Waals surface area contributed by atoms with Crippen LogP contribution in [0, 0.1) is 0 Å². The Morgan fingerprint density at radius 2 is 1.71 bits per heavy atom. The van der Waals surface area contributed by atoms with Crippen LogP contribution in [0.1, 0.15) is 19.3 Å². The van der Waals surface area contributed by atoms with E-state index in [0.717, 1.165) is 18.8 Å². The lowest BCUT2D eigenvalue weighted by Crippen LogP contribution is -2.60. The molecule has 0 aromatic heterocycles. The summed E-state index contributed by atoms with van der Waals surface area (Å²) in [5.74, 6) is -1.50. The second kappa shape index (κ2) is 7.69. The molecule has 0 aliphatic carbocycles. The van der Waals surface area contributed by atoms with E-state index >= 15 is 0 Å². The number of anilines is 1. The van der Waals surface area contributed by atoms with Gasteiger partial charge in [-0.15, -0.1) is 0 Å². The summed E-state index contributed by atoms with van der Waals surface area (Å²) in [6.07, 6.45) is 0.850. The van der Waals surface area contributed by atoms with Crippen LogP contribution in [-0.2, 0) is 14.4 Å². The zero-order valence-electron chi connectivity index (χ0n) is 15.5. The van der Waals surface area contributed by atoms with Gasteiger partial charge in [-0.1, -0.05) is 17.7 Å². The molecule has 3 aliphatic rings. The lowest BCUT2D eigenvalue weighted by Gasteiger charge is -2.42. The van der Waals surface area contributed by atoms with Gasteiger partial charge in [0, 0.05) is 56.3 Å². The van der Waals surface area contributed by atoms with Gasteiger partial charge in [0.15, 0.2) is 0 Å². The van der Waals surface area contributed by atoms with Crippen LogP contribution in [-0.4, -0.2) is 82.6 Å². The number of hydrogen-bond donors (Lipinski definition) is 1. The van der Waals surface area contributed by atoms with E-state index < -0.39 is 18.1 Å². The van der Waals surface area contributed by atoms with Crippen molar-refractivity contribution in [1.82, 2.24) is 14.9 Å². The highest BCUT2D eigenvalue weighted by atomic mass is 35.5. The SMILES string of the molecule is O=C(O)[C@@H]1C(N2C(=O)CCC2=O)CCN1N1CCN(c2cccc(Cl)c2)CC1. The van der Waals surface area contributed by atoms with Crippen molar-refractivity contribution in [3.8, 4) is 0 Å². The number of carboxylic acids is 1. The Kier molecular flexibility index (Phi) is 5.27. The monoisotopic (exact) mass is 406 g/mol. The number of carboxylic acid groups (broad SMARTS) is 1. The molecule has 0 spiro atoms. The van der Waals surface area contributed by atoms with Gasteiger partial charge < -0.3 is 10.0 Å². The zero-order valence-corrected chi connectivity index (χ0v) is 16.2. The number of hydrogen-bond acceptors (Lipinski definition) is 6. The van der Waals surface area contributed by atoms with Gasteiger partial charge in [0.25, 0.3) is 0 Å². The average molecular weight is 407 g/mol. The van der Waals surface area contributed by atoms with Crippen LogP contribution in [0.5, 0.6) is 0 Å². The Morgan fingerprint density at radius 3 is 2.32 bits per heavy atom. The smallest absolute Gasteiger partial charge is 0.324 e. The molecule has 1 N–H and O–H groups in total. The molecule has 0 bridgehead atoms. The summed E-state index contributed by atoms with van der Waals surface area (Å²) in [7, 11) is 0. The molecule has 3 fully saturated rings.